The molecule has 0 radical (unpaired) electrons. The van der Waals surface area contributed by atoms with Gasteiger partial charge in [-0.2, -0.15) is 10.2 Å². The molecule has 0 aliphatic carbocycles. The molecular weight excluding hydrogens is 619 g/mol. The molecule has 15 nitrogen and oxygen atoms in total. The van der Waals surface area contributed by atoms with E-state index in [-0.39, 0.29) is 30.1 Å². The number of rotatable bonds is 12. The van der Waals surface area contributed by atoms with Crippen molar-refractivity contribution in [3.63, 3.8) is 0 Å². The van der Waals surface area contributed by atoms with Gasteiger partial charge in [-0.25, -0.2) is 14.1 Å². The first-order chi connectivity index (χ1) is 21.8. The van der Waals surface area contributed by atoms with Crippen molar-refractivity contribution >= 4 is 31.8 Å². The molecule has 46 heavy (non-hydrogen) atoms. The highest BCUT2D eigenvalue weighted by atomic mass is 31.2. The lowest BCUT2D eigenvalue weighted by Crippen LogP contribution is -2.44. The fraction of sp³-hybridized carbons (Fsp3) is 0.533. The molecule has 2 fully saturated rings. The monoisotopic (exact) mass is 660 g/mol. The lowest BCUT2D eigenvalue weighted by molar-refractivity contribution is -0.150. The Morgan fingerprint density at radius 2 is 2.02 bits per heavy atom. The van der Waals surface area contributed by atoms with Gasteiger partial charge in [-0.15, -0.1) is 0 Å². The number of anilines is 1. The number of hydrogen-bond acceptors (Lipinski definition) is 13. The van der Waals surface area contributed by atoms with Crippen molar-refractivity contribution in [2.75, 3.05) is 32.1 Å². The van der Waals surface area contributed by atoms with Crippen LogP contribution < -0.4 is 15.3 Å². The first-order valence-corrected chi connectivity index (χ1v) is 16.5. The molecule has 2 saturated heterocycles. The molecule has 2 aliphatic rings. The zero-order valence-corrected chi connectivity index (χ0v) is 27.1. The minimum Gasteiger partial charge on any atom is -0.459 e. The highest BCUT2D eigenvalue weighted by molar-refractivity contribution is 7.52. The van der Waals surface area contributed by atoms with E-state index in [1.165, 1.54) is 17.8 Å². The Morgan fingerprint density at radius 3 is 2.67 bits per heavy atom. The van der Waals surface area contributed by atoms with Gasteiger partial charge in [-0.05, 0) is 48.9 Å². The Bertz CT molecular complexity index is 1590. The van der Waals surface area contributed by atoms with E-state index in [0.717, 1.165) is 5.56 Å². The molecule has 0 saturated carbocycles. The number of hydrogen-bond donors (Lipinski definition) is 4. The normalized spacial score (nSPS) is 26.9. The highest BCUT2D eigenvalue weighted by Crippen LogP contribution is 2.48. The first-order valence-electron chi connectivity index (χ1n) is 14.9. The van der Waals surface area contributed by atoms with Gasteiger partial charge in [0.2, 0.25) is 0 Å². The molecule has 2 aromatic heterocycles. The van der Waals surface area contributed by atoms with Crippen LogP contribution in [0.3, 0.4) is 0 Å². The molecule has 0 amide bonds. The maximum Gasteiger partial charge on any atom is 0.459 e. The van der Waals surface area contributed by atoms with E-state index in [4.69, 9.17) is 29.0 Å². The van der Waals surface area contributed by atoms with Crippen LogP contribution in [0.1, 0.15) is 45.4 Å². The van der Waals surface area contributed by atoms with Crippen LogP contribution in [-0.2, 0) is 39.1 Å². The highest BCUT2D eigenvalue weighted by Gasteiger charge is 2.57. The summed E-state index contributed by atoms with van der Waals surface area (Å²) in [5, 5.41) is 29.4. The number of nitrogens with one attached hydrogen (secondary N) is 1. The van der Waals surface area contributed by atoms with Crippen molar-refractivity contribution in [1.29, 1.82) is 0 Å². The number of aliphatic imine (C=N–C) groups is 1. The lowest BCUT2D eigenvalue weighted by Gasteiger charge is -2.30. The standard InChI is InChI=1S/C30H41N6O9P/c1-18(28(39)43-21-12-13-41-14-21)35-46(40,45-20-8-6-19(7-9-20)29(2,3)4)42-15-23-25(37)26(38)30(44-23,16-32-5)24-11-10-22-27(31)33-17-34-36(22)24/h6-11,17-18,21,23,25-26,37-38H,5,12-16H2,1-4H3,(H,35,40)(H2,31,33,34)/t18-,21-,23+,25+,26+,30-,46?/m0/s1. The van der Waals surface area contributed by atoms with E-state index >= 15 is 0 Å². The van der Waals surface area contributed by atoms with Gasteiger partial charge in [0.05, 0.1) is 32.1 Å². The number of aromatic nitrogens is 3. The van der Waals surface area contributed by atoms with Gasteiger partial charge in [0.25, 0.3) is 0 Å². The molecule has 3 aromatic rings. The third-order valence-electron chi connectivity index (χ3n) is 8.04. The van der Waals surface area contributed by atoms with Crippen molar-refractivity contribution in [2.45, 2.75) is 75.6 Å². The fourth-order valence-corrected chi connectivity index (χ4v) is 6.96. The summed E-state index contributed by atoms with van der Waals surface area (Å²) in [5.41, 5.74) is 6.05. The number of nitrogens with two attached hydrogens (primary N) is 1. The summed E-state index contributed by atoms with van der Waals surface area (Å²) >= 11 is 0. The maximum atomic E-state index is 14.2. The quantitative estimate of drug-likeness (QED) is 0.125. The lowest BCUT2D eigenvalue weighted by atomic mass is 9.87. The fourth-order valence-electron chi connectivity index (χ4n) is 5.46. The van der Waals surface area contributed by atoms with Gasteiger partial charge in [0, 0.05) is 6.42 Å². The van der Waals surface area contributed by atoms with Crippen LogP contribution in [-0.4, -0.2) is 94.3 Å². The van der Waals surface area contributed by atoms with Gasteiger partial charge in [0.15, 0.2) is 11.4 Å². The SMILES string of the molecule is C=NC[C@@]1(c2ccc3c(N)ncnn23)O[C@H](COP(=O)(N[C@@H](C)C(=O)O[C@H]2CCOC2)Oc2ccc(C(C)(C)C)cc2)[C@@H](O)[C@H]1O. The van der Waals surface area contributed by atoms with Gasteiger partial charge < -0.3 is 34.7 Å². The van der Waals surface area contributed by atoms with Crippen LogP contribution in [0.5, 0.6) is 5.75 Å². The summed E-state index contributed by atoms with van der Waals surface area (Å²) < 4.78 is 44.3. The van der Waals surface area contributed by atoms with Crippen molar-refractivity contribution in [3.05, 3.63) is 54.0 Å². The number of aliphatic hydroxyl groups excluding tert-OH is 2. The van der Waals surface area contributed by atoms with Crippen LogP contribution in [0.4, 0.5) is 5.82 Å². The number of nitrogen functional groups attached to an aromatic ring is 1. The van der Waals surface area contributed by atoms with Crippen molar-refractivity contribution in [3.8, 4) is 5.75 Å². The van der Waals surface area contributed by atoms with E-state index in [2.05, 4.69) is 47.7 Å². The number of ether oxygens (including phenoxy) is 3. The average molecular weight is 661 g/mol. The van der Waals surface area contributed by atoms with Crippen molar-refractivity contribution < 1.29 is 42.8 Å². The second kappa shape index (κ2) is 13.4. The van der Waals surface area contributed by atoms with Crippen LogP contribution in [0.2, 0.25) is 0 Å². The number of nitrogens with zero attached hydrogens (tertiary/aromatic N) is 4. The topological polar surface area (TPSA) is 201 Å². The minimum atomic E-state index is -4.35. The zero-order valence-electron chi connectivity index (χ0n) is 26.2. The predicted molar refractivity (Wildman–Crippen MR) is 168 cm³/mol. The third-order valence-corrected chi connectivity index (χ3v) is 9.68. The van der Waals surface area contributed by atoms with E-state index < -0.39 is 56.4 Å². The van der Waals surface area contributed by atoms with E-state index in [1.807, 2.05) is 12.1 Å². The van der Waals surface area contributed by atoms with Gasteiger partial charge in [0.1, 0.15) is 48.1 Å². The molecule has 1 unspecified atom stereocenters. The molecule has 250 valence electrons. The average Bonchev–Trinajstić information content (AvgIpc) is 3.73. The molecule has 2 aliphatic heterocycles. The Kier molecular flexibility index (Phi) is 9.85. The molecule has 7 atom stereocenters. The van der Waals surface area contributed by atoms with Crippen LogP contribution in [0, 0.1) is 0 Å². The van der Waals surface area contributed by atoms with Crippen molar-refractivity contribution in [2.24, 2.45) is 4.99 Å². The first kappa shape index (κ1) is 33.9. The number of esters is 1. The van der Waals surface area contributed by atoms with Gasteiger partial charge >= 0.3 is 13.7 Å². The minimum absolute atomic E-state index is 0.133. The Labute approximate surface area is 266 Å². The molecule has 16 heteroatoms. The molecular formula is C30H41N6O9P. The van der Waals surface area contributed by atoms with Crippen molar-refractivity contribution in [1.82, 2.24) is 19.7 Å². The number of aliphatic hydroxyl groups is 2. The maximum absolute atomic E-state index is 14.2. The number of carbonyl (C=O) groups is 1. The molecule has 5 rings (SSSR count). The summed E-state index contributed by atoms with van der Waals surface area (Å²) in [7, 11) is -4.35. The van der Waals surface area contributed by atoms with E-state index in [1.54, 1.807) is 24.3 Å². The summed E-state index contributed by atoms with van der Waals surface area (Å²) in [6.07, 6.45) is -2.87. The largest absolute Gasteiger partial charge is 0.459 e. The third kappa shape index (κ3) is 6.95. The zero-order chi connectivity index (χ0) is 33.3. The van der Waals surface area contributed by atoms with Gasteiger partial charge in [-0.1, -0.05) is 32.9 Å². The van der Waals surface area contributed by atoms with Crippen LogP contribution >= 0.6 is 7.75 Å². The second-order valence-corrected chi connectivity index (χ2v) is 14.1. The molecule has 1 aromatic carbocycles. The molecule has 5 N–H and O–H groups in total. The number of benzene rings is 1. The van der Waals surface area contributed by atoms with Crippen LogP contribution in [0.15, 0.2) is 47.7 Å². The smallest absolute Gasteiger partial charge is 0.459 e. The summed E-state index contributed by atoms with van der Waals surface area (Å²) in [6, 6.07) is 9.14. The summed E-state index contributed by atoms with van der Waals surface area (Å²) in [5.74, 6) is -0.261. The Morgan fingerprint density at radius 1 is 1.28 bits per heavy atom. The number of carbonyl (C=O) groups excluding carboxylic acids is 1. The second-order valence-electron chi connectivity index (χ2n) is 12.5. The molecule has 4 heterocycles. The predicted octanol–water partition coefficient (Wildman–Crippen LogP) is 2.14. The molecule has 0 spiro atoms. The van der Waals surface area contributed by atoms with E-state index in [0.29, 0.717) is 24.2 Å². The Hall–Kier alpha value is -3.43. The number of fused-ring (bicyclic) bond motifs is 1. The Balaban J connectivity index is 1.38. The summed E-state index contributed by atoms with van der Waals surface area (Å²) in [6.45, 7) is 11.3. The van der Waals surface area contributed by atoms with Crippen LogP contribution in [0.25, 0.3) is 5.52 Å². The summed E-state index contributed by atoms with van der Waals surface area (Å²) in [4.78, 5) is 20.8. The van der Waals surface area contributed by atoms with E-state index in [9.17, 15) is 19.6 Å². The molecule has 0 bridgehead atoms. The van der Waals surface area contributed by atoms with Gasteiger partial charge in [-0.3, -0.25) is 14.3 Å².